The fraction of sp³-hybridized carbons (Fsp3) is 0.650. The van der Waals surface area contributed by atoms with E-state index in [0.717, 1.165) is 5.56 Å². The Hall–Kier alpha value is -0.940. The molecule has 7 heteroatoms. The molecule has 1 unspecified atom stereocenters. The number of hydrogen-bond acceptors (Lipinski definition) is 4. The molecule has 2 atom stereocenters. The Morgan fingerprint density at radius 2 is 1.70 bits per heavy atom. The van der Waals surface area contributed by atoms with Crippen LogP contribution < -0.4 is 10.6 Å². The lowest BCUT2D eigenvalue weighted by molar-refractivity contribution is 0.210. The van der Waals surface area contributed by atoms with Gasteiger partial charge in [0.25, 0.3) is 0 Å². The van der Waals surface area contributed by atoms with Gasteiger partial charge >= 0.3 is 7.60 Å². The van der Waals surface area contributed by atoms with E-state index in [1.165, 1.54) is 32.1 Å². The van der Waals surface area contributed by atoms with Crippen LogP contribution in [0, 0.1) is 5.92 Å². The van der Waals surface area contributed by atoms with Crippen LogP contribution in [0.4, 0.5) is 0 Å². The summed E-state index contributed by atoms with van der Waals surface area (Å²) < 4.78 is 24.6. The number of nitrogens with one attached hydrogen (secondary N) is 2. The molecular formula is C20H33N2O3PS. The van der Waals surface area contributed by atoms with E-state index in [9.17, 15) is 4.57 Å². The Morgan fingerprint density at radius 1 is 1.11 bits per heavy atom. The predicted octanol–water partition coefficient (Wildman–Crippen LogP) is 5.38. The maximum absolute atomic E-state index is 13.4. The highest BCUT2D eigenvalue weighted by atomic mass is 32.1. The molecule has 1 aromatic carbocycles. The van der Waals surface area contributed by atoms with E-state index in [4.69, 9.17) is 21.3 Å². The lowest BCUT2D eigenvalue weighted by Gasteiger charge is -2.32. The van der Waals surface area contributed by atoms with Gasteiger partial charge in [-0.2, -0.15) is 0 Å². The molecule has 27 heavy (non-hydrogen) atoms. The van der Waals surface area contributed by atoms with Crippen LogP contribution in [-0.2, 0) is 13.6 Å². The zero-order valence-electron chi connectivity index (χ0n) is 16.6. The quantitative estimate of drug-likeness (QED) is 0.419. The van der Waals surface area contributed by atoms with Crippen molar-refractivity contribution in [3.8, 4) is 0 Å². The summed E-state index contributed by atoms with van der Waals surface area (Å²) in [5.74, 6) is -0.0172. The maximum atomic E-state index is 13.4. The van der Waals surface area contributed by atoms with Gasteiger partial charge in [-0.3, -0.25) is 4.57 Å². The molecule has 152 valence electrons. The first-order valence-corrected chi connectivity index (χ1v) is 12.0. The number of thiocarbonyl (C=S) groups is 1. The van der Waals surface area contributed by atoms with Crippen LogP contribution in [0.1, 0.15) is 64.2 Å². The van der Waals surface area contributed by atoms with Crippen molar-refractivity contribution in [2.75, 3.05) is 13.2 Å². The van der Waals surface area contributed by atoms with Gasteiger partial charge in [0.2, 0.25) is 0 Å². The Balaban J connectivity index is 2.13. The molecule has 0 aliphatic heterocycles. The lowest BCUT2D eigenvalue weighted by Crippen LogP contribution is -2.45. The zero-order chi connectivity index (χ0) is 19.7. The van der Waals surface area contributed by atoms with Crippen LogP contribution >= 0.6 is 19.8 Å². The molecule has 0 spiro atoms. The molecule has 0 radical (unpaired) electrons. The summed E-state index contributed by atoms with van der Waals surface area (Å²) in [5.41, 5.74) is 0.831. The summed E-state index contributed by atoms with van der Waals surface area (Å²) in [6.07, 6.45) is 6.36. The summed E-state index contributed by atoms with van der Waals surface area (Å²) >= 11 is 5.56. The van der Waals surface area contributed by atoms with Gasteiger partial charge in [-0.05, 0) is 57.3 Å². The van der Waals surface area contributed by atoms with Crippen LogP contribution in [0.15, 0.2) is 30.3 Å². The molecule has 2 rings (SSSR count). The van der Waals surface area contributed by atoms with E-state index < -0.39 is 13.4 Å². The minimum atomic E-state index is -3.42. The molecular weight excluding hydrogens is 379 g/mol. The van der Waals surface area contributed by atoms with Crippen molar-refractivity contribution in [2.45, 2.75) is 64.7 Å². The SMILES string of the molecule is CCOP(=O)(OCC)C(NC(=S)N[C@@H](C)C1CCCCC1)c1ccccc1. The molecule has 0 amide bonds. The van der Waals surface area contributed by atoms with Crippen molar-refractivity contribution in [3.05, 3.63) is 35.9 Å². The maximum Gasteiger partial charge on any atom is 0.357 e. The highest BCUT2D eigenvalue weighted by Gasteiger charge is 2.37. The zero-order valence-corrected chi connectivity index (χ0v) is 18.4. The highest BCUT2D eigenvalue weighted by molar-refractivity contribution is 7.80. The minimum absolute atomic E-state index is 0.278. The first-order chi connectivity index (χ1) is 13.0. The van der Waals surface area contributed by atoms with Gasteiger partial charge in [0.05, 0.1) is 13.2 Å². The Morgan fingerprint density at radius 3 is 2.26 bits per heavy atom. The smallest absolute Gasteiger partial charge is 0.357 e. The second-order valence-corrected chi connectivity index (χ2v) is 9.51. The van der Waals surface area contributed by atoms with Crippen LogP contribution in [0.5, 0.6) is 0 Å². The fourth-order valence-electron chi connectivity index (χ4n) is 3.65. The topological polar surface area (TPSA) is 59.6 Å². The van der Waals surface area contributed by atoms with Crippen LogP contribution in [0.2, 0.25) is 0 Å². The van der Waals surface area contributed by atoms with E-state index >= 15 is 0 Å². The number of rotatable bonds is 9. The van der Waals surface area contributed by atoms with Crippen molar-refractivity contribution in [3.63, 3.8) is 0 Å². The van der Waals surface area contributed by atoms with Crippen molar-refractivity contribution in [2.24, 2.45) is 5.92 Å². The number of hydrogen-bond donors (Lipinski definition) is 2. The van der Waals surface area contributed by atoms with Gasteiger partial charge in [0, 0.05) is 6.04 Å². The molecule has 1 aromatic rings. The van der Waals surface area contributed by atoms with Crippen molar-refractivity contribution < 1.29 is 13.6 Å². The van der Waals surface area contributed by atoms with E-state index in [1.807, 2.05) is 44.2 Å². The van der Waals surface area contributed by atoms with E-state index in [0.29, 0.717) is 24.2 Å². The monoisotopic (exact) mass is 412 g/mol. The standard InChI is InChI=1S/C20H33N2O3PS/c1-4-24-26(23,25-5-2)19(18-14-10-7-11-15-18)22-20(27)21-16(3)17-12-8-6-9-13-17/h7,10-11,14-17,19H,4-6,8-9,12-13H2,1-3H3,(H2,21,22,27)/t16-,19?/m0/s1. The molecule has 1 aliphatic carbocycles. The fourth-order valence-corrected chi connectivity index (χ4v) is 5.96. The Bertz CT molecular complexity index is 613. The molecule has 0 aromatic heterocycles. The molecule has 0 heterocycles. The summed E-state index contributed by atoms with van der Waals surface area (Å²) in [5, 5.41) is 7.10. The van der Waals surface area contributed by atoms with Gasteiger partial charge < -0.3 is 19.7 Å². The van der Waals surface area contributed by atoms with E-state index in [1.54, 1.807) is 0 Å². The lowest BCUT2D eigenvalue weighted by atomic mass is 9.85. The van der Waals surface area contributed by atoms with Gasteiger partial charge in [-0.25, -0.2) is 0 Å². The van der Waals surface area contributed by atoms with Gasteiger partial charge in [-0.1, -0.05) is 49.6 Å². The molecule has 1 saturated carbocycles. The Kier molecular flexibility index (Phi) is 9.24. The molecule has 0 saturated heterocycles. The summed E-state index contributed by atoms with van der Waals surface area (Å²) in [4.78, 5) is 0. The van der Waals surface area contributed by atoms with E-state index in [-0.39, 0.29) is 6.04 Å². The third-order valence-electron chi connectivity index (χ3n) is 5.03. The summed E-state index contributed by atoms with van der Waals surface area (Å²) in [7, 11) is -3.42. The summed E-state index contributed by atoms with van der Waals surface area (Å²) in [6, 6.07) is 9.85. The average molecular weight is 413 g/mol. The van der Waals surface area contributed by atoms with Crippen molar-refractivity contribution >= 4 is 24.9 Å². The van der Waals surface area contributed by atoms with Gasteiger partial charge in [-0.15, -0.1) is 0 Å². The molecule has 5 nitrogen and oxygen atoms in total. The second kappa shape index (κ2) is 11.2. The Labute approximate surface area is 169 Å². The third-order valence-corrected chi connectivity index (χ3v) is 7.56. The normalized spacial score (nSPS) is 17.9. The minimum Gasteiger partial charge on any atom is -0.360 e. The van der Waals surface area contributed by atoms with Gasteiger partial charge in [0.1, 0.15) is 0 Å². The van der Waals surface area contributed by atoms with Gasteiger partial charge in [0.15, 0.2) is 10.9 Å². The first-order valence-electron chi connectivity index (χ1n) is 10.0. The summed E-state index contributed by atoms with van der Waals surface area (Å²) in [6.45, 7) is 6.42. The third kappa shape index (κ3) is 6.56. The highest BCUT2D eigenvalue weighted by Crippen LogP contribution is 2.59. The molecule has 1 fully saturated rings. The van der Waals surface area contributed by atoms with Crippen LogP contribution in [0.3, 0.4) is 0 Å². The predicted molar refractivity (Wildman–Crippen MR) is 115 cm³/mol. The molecule has 0 bridgehead atoms. The van der Waals surface area contributed by atoms with Crippen LogP contribution in [-0.4, -0.2) is 24.4 Å². The van der Waals surface area contributed by atoms with E-state index in [2.05, 4.69) is 17.6 Å². The molecule has 2 N–H and O–H groups in total. The average Bonchev–Trinajstić information content (AvgIpc) is 2.68. The largest absolute Gasteiger partial charge is 0.360 e. The van der Waals surface area contributed by atoms with Crippen molar-refractivity contribution in [1.82, 2.24) is 10.6 Å². The number of benzene rings is 1. The second-order valence-electron chi connectivity index (χ2n) is 6.99. The van der Waals surface area contributed by atoms with Crippen LogP contribution in [0.25, 0.3) is 0 Å². The molecule has 1 aliphatic rings. The first kappa shape index (κ1) is 22.4. The van der Waals surface area contributed by atoms with Crippen molar-refractivity contribution in [1.29, 1.82) is 0 Å².